The van der Waals surface area contributed by atoms with Gasteiger partial charge in [-0.15, -0.1) is 0 Å². The van der Waals surface area contributed by atoms with Gasteiger partial charge in [0.2, 0.25) is 5.95 Å². The van der Waals surface area contributed by atoms with Gasteiger partial charge in [-0.05, 0) is 57.0 Å². The van der Waals surface area contributed by atoms with E-state index in [2.05, 4.69) is 20.6 Å². The van der Waals surface area contributed by atoms with E-state index in [0.29, 0.717) is 23.4 Å². The van der Waals surface area contributed by atoms with Crippen molar-refractivity contribution in [2.45, 2.75) is 58.1 Å². The van der Waals surface area contributed by atoms with Gasteiger partial charge in [0.05, 0.1) is 6.10 Å². The van der Waals surface area contributed by atoms with Crippen LogP contribution in [0.5, 0.6) is 5.75 Å². The summed E-state index contributed by atoms with van der Waals surface area (Å²) in [6.07, 6.45) is 7.75. The van der Waals surface area contributed by atoms with Gasteiger partial charge in [-0.3, -0.25) is 4.79 Å². The highest BCUT2D eigenvalue weighted by Crippen LogP contribution is 2.20. The number of rotatable bonds is 6. The molecular weight excluding hydrogens is 328 g/mol. The largest absolute Gasteiger partial charge is 0.491 e. The fourth-order valence-electron chi connectivity index (χ4n) is 3.07. The van der Waals surface area contributed by atoms with Crippen LogP contribution in [0.2, 0.25) is 0 Å². The Bertz CT molecular complexity index is 725. The minimum atomic E-state index is -0.253. The number of hydrogen-bond donors (Lipinski definition) is 2. The first kappa shape index (κ1) is 18.2. The molecule has 1 aliphatic rings. The van der Waals surface area contributed by atoms with Gasteiger partial charge in [-0.25, -0.2) is 9.97 Å². The molecule has 0 saturated heterocycles. The third-order valence-electron chi connectivity index (χ3n) is 4.31. The van der Waals surface area contributed by atoms with Crippen LogP contribution in [-0.4, -0.2) is 28.0 Å². The van der Waals surface area contributed by atoms with Gasteiger partial charge in [0.25, 0.3) is 5.91 Å². The Morgan fingerprint density at radius 1 is 1.12 bits per heavy atom. The molecule has 3 rings (SSSR count). The topological polar surface area (TPSA) is 76.1 Å². The maximum Gasteiger partial charge on any atom is 0.274 e. The Balaban J connectivity index is 1.61. The van der Waals surface area contributed by atoms with E-state index in [1.807, 2.05) is 38.1 Å². The summed E-state index contributed by atoms with van der Waals surface area (Å²) in [4.78, 5) is 21.1. The van der Waals surface area contributed by atoms with Crippen molar-refractivity contribution in [2.75, 3.05) is 10.6 Å². The lowest BCUT2D eigenvalue weighted by molar-refractivity contribution is 0.102. The molecule has 0 aliphatic heterocycles. The van der Waals surface area contributed by atoms with Crippen molar-refractivity contribution in [2.24, 2.45) is 0 Å². The summed E-state index contributed by atoms with van der Waals surface area (Å²) in [6, 6.07) is 9.33. The Morgan fingerprint density at radius 2 is 1.85 bits per heavy atom. The lowest BCUT2D eigenvalue weighted by Crippen LogP contribution is -2.24. The normalized spacial score (nSPS) is 14.9. The number of aromatic nitrogens is 2. The summed E-state index contributed by atoms with van der Waals surface area (Å²) in [5, 5.41) is 6.20. The molecule has 1 saturated carbocycles. The molecule has 2 aromatic rings. The fraction of sp³-hybridized carbons (Fsp3) is 0.450. The molecule has 0 unspecified atom stereocenters. The zero-order valence-electron chi connectivity index (χ0n) is 15.4. The van der Waals surface area contributed by atoms with Crippen molar-refractivity contribution in [3.05, 3.63) is 42.2 Å². The predicted molar refractivity (Wildman–Crippen MR) is 103 cm³/mol. The fourth-order valence-corrected chi connectivity index (χ4v) is 3.07. The van der Waals surface area contributed by atoms with Crippen LogP contribution in [0, 0.1) is 0 Å². The van der Waals surface area contributed by atoms with Crippen molar-refractivity contribution in [3.63, 3.8) is 0 Å². The average molecular weight is 354 g/mol. The second kappa shape index (κ2) is 8.65. The van der Waals surface area contributed by atoms with Crippen LogP contribution >= 0.6 is 0 Å². The first-order valence-electron chi connectivity index (χ1n) is 9.28. The number of anilines is 2. The highest BCUT2D eigenvalue weighted by Gasteiger charge is 2.15. The van der Waals surface area contributed by atoms with Gasteiger partial charge < -0.3 is 15.4 Å². The van der Waals surface area contributed by atoms with Crippen LogP contribution in [0.3, 0.4) is 0 Å². The second-order valence-electron chi connectivity index (χ2n) is 6.89. The number of amides is 1. The van der Waals surface area contributed by atoms with Crippen LogP contribution in [0.15, 0.2) is 36.5 Å². The van der Waals surface area contributed by atoms with Crippen LogP contribution in [0.4, 0.5) is 11.6 Å². The highest BCUT2D eigenvalue weighted by atomic mass is 16.5. The summed E-state index contributed by atoms with van der Waals surface area (Å²) >= 11 is 0. The van der Waals surface area contributed by atoms with Crippen molar-refractivity contribution in [1.82, 2.24) is 9.97 Å². The van der Waals surface area contributed by atoms with Crippen LogP contribution < -0.4 is 15.4 Å². The molecule has 0 radical (unpaired) electrons. The van der Waals surface area contributed by atoms with E-state index in [4.69, 9.17) is 4.74 Å². The zero-order valence-corrected chi connectivity index (χ0v) is 15.4. The van der Waals surface area contributed by atoms with Crippen LogP contribution in [-0.2, 0) is 0 Å². The Hall–Kier alpha value is -2.63. The van der Waals surface area contributed by atoms with Gasteiger partial charge in [0, 0.05) is 17.9 Å². The summed E-state index contributed by atoms with van der Waals surface area (Å²) in [6.45, 7) is 3.95. The average Bonchev–Trinajstić information content (AvgIpc) is 2.64. The molecule has 2 N–H and O–H groups in total. The maximum absolute atomic E-state index is 12.5. The summed E-state index contributed by atoms with van der Waals surface area (Å²) in [5.41, 5.74) is 1.05. The van der Waals surface area contributed by atoms with Crippen molar-refractivity contribution < 1.29 is 9.53 Å². The molecule has 0 atom stereocenters. The Labute approximate surface area is 154 Å². The minimum absolute atomic E-state index is 0.117. The molecule has 26 heavy (non-hydrogen) atoms. The number of benzene rings is 1. The van der Waals surface area contributed by atoms with E-state index in [0.717, 1.165) is 18.6 Å². The standard InChI is InChI=1S/C20H26N4O2/c1-14(2)26-17-10-8-16(9-11-17)22-19(25)18-12-13-21-20(24-18)23-15-6-4-3-5-7-15/h8-15H,3-7H2,1-2H3,(H,22,25)(H,21,23,24). The molecule has 1 aromatic heterocycles. The lowest BCUT2D eigenvalue weighted by atomic mass is 9.96. The predicted octanol–water partition coefficient (Wildman–Crippen LogP) is 4.26. The summed E-state index contributed by atoms with van der Waals surface area (Å²) in [7, 11) is 0. The number of ether oxygens (including phenoxy) is 1. The van der Waals surface area contributed by atoms with Crippen molar-refractivity contribution in [3.8, 4) is 5.75 Å². The summed E-state index contributed by atoms with van der Waals surface area (Å²) < 4.78 is 5.61. The first-order chi connectivity index (χ1) is 12.6. The van der Waals surface area contributed by atoms with Gasteiger partial charge in [0.15, 0.2) is 0 Å². The molecule has 6 nitrogen and oxygen atoms in total. The molecule has 138 valence electrons. The van der Waals surface area contributed by atoms with Gasteiger partial charge in [-0.1, -0.05) is 19.3 Å². The lowest BCUT2D eigenvalue weighted by Gasteiger charge is -2.22. The van der Waals surface area contributed by atoms with Gasteiger partial charge in [0.1, 0.15) is 11.4 Å². The molecule has 1 aliphatic carbocycles. The van der Waals surface area contributed by atoms with E-state index in [1.165, 1.54) is 19.3 Å². The van der Waals surface area contributed by atoms with E-state index in [-0.39, 0.29) is 12.0 Å². The molecule has 0 bridgehead atoms. The highest BCUT2D eigenvalue weighted by molar-refractivity contribution is 6.02. The smallest absolute Gasteiger partial charge is 0.274 e. The molecule has 1 amide bonds. The van der Waals surface area contributed by atoms with Crippen molar-refractivity contribution >= 4 is 17.5 Å². The van der Waals surface area contributed by atoms with Crippen molar-refractivity contribution in [1.29, 1.82) is 0 Å². The number of nitrogens with zero attached hydrogens (tertiary/aromatic N) is 2. The van der Waals surface area contributed by atoms with E-state index in [9.17, 15) is 4.79 Å². The monoisotopic (exact) mass is 354 g/mol. The Morgan fingerprint density at radius 3 is 2.54 bits per heavy atom. The number of hydrogen-bond acceptors (Lipinski definition) is 5. The third-order valence-corrected chi connectivity index (χ3v) is 4.31. The molecule has 6 heteroatoms. The molecule has 1 aromatic carbocycles. The van der Waals surface area contributed by atoms with Crippen LogP contribution in [0.25, 0.3) is 0 Å². The van der Waals surface area contributed by atoms with Crippen LogP contribution in [0.1, 0.15) is 56.4 Å². The van der Waals surface area contributed by atoms with E-state index in [1.54, 1.807) is 12.3 Å². The molecule has 0 spiro atoms. The number of nitrogens with one attached hydrogen (secondary N) is 2. The van der Waals surface area contributed by atoms with Gasteiger partial charge >= 0.3 is 0 Å². The van der Waals surface area contributed by atoms with E-state index < -0.39 is 0 Å². The number of carbonyl (C=O) groups excluding carboxylic acids is 1. The zero-order chi connectivity index (χ0) is 18.4. The SMILES string of the molecule is CC(C)Oc1ccc(NC(=O)c2ccnc(NC3CCCCC3)n2)cc1. The summed E-state index contributed by atoms with van der Waals surface area (Å²) in [5.74, 6) is 1.04. The van der Waals surface area contributed by atoms with Gasteiger partial charge in [-0.2, -0.15) is 0 Å². The number of carbonyl (C=O) groups is 1. The quantitative estimate of drug-likeness (QED) is 0.810. The minimum Gasteiger partial charge on any atom is -0.491 e. The van der Waals surface area contributed by atoms with E-state index >= 15 is 0 Å². The molecule has 1 heterocycles. The second-order valence-corrected chi connectivity index (χ2v) is 6.89. The first-order valence-corrected chi connectivity index (χ1v) is 9.28. The maximum atomic E-state index is 12.5. The molecular formula is C20H26N4O2. The Kier molecular flexibility index (Phi) is 6.04. The third kappa shape index (κ3) is 5.18. The molecule has 1 fully saturated rings.